The van der Waals surface area contributed by atoms with Gasteiger partial charge in [0.15, 0.2) is 6.29 Å². The van der Waals surface area contributed by atoms with Gasteiger partial charge in [0.2, 0.25) is 5.91 Å². The molecule has 78 valence electrons. The van der Waals surface area contributed by atoms with E-state index in [9.17, 15) is 14.4 Å². The summed E-state index contributed by atoms with van der Waals surface area (Å²) in [7, 11) is 0. The van der Waals surface area contributed by atoms with Crippen molar-refractivity contribution >= 4 is 18.1 Å². The number of carbonyl (C=O) groups is 3. The average Bonchev–Trinajstić information content (AvgIpc) is 2.25. The summed E-state index contributed by atoms with van der Waals surface area (Å²) < 4.78 is 0. The van der Waals surface area contributed by atoms with E-state index in [2.05, 4.69) is 5.32 Å². The van der Waals surface area contributed by atoms with Crippen molar-refractivity contribution in [2.45, 2.75) is 0 Å². The molecule has 0 aromatic heterocycles. The van der Waals surface area contributed by atoms with Crippen molar-refractivity contribution in [3.05, 3.63) is 35.4 Å². The summed E-state index contributed by atoms with van der Waals surface area (Å²) in [5, 5.41) is 2.30. The third kappa shape index (κ3) is 2.91. The quantitative estimate of drug-likeness (QED) is 0.663. The molecule has 0 bridgehead atoms. The number of nitrogens with one attached hydrogen (secondary N) is 1. The topological polar surface area (TPSA) is 89.3 Å². The molecule has 0 saturated carbocycles. The summed E-state index contributed by atoms with van der Waals surface area (Å²) in [4.78, 5) is 32.5. The Bertz CT molecular complexity index is 401. The lowest BCUT2D eigenvalue weighted by Gasteiger charge is -2.04. The number of hydrogen-bond acceptors (Lipinski definition) is 3. The predicted molar refractivity (Wildman–Crippen MR) is 53.4 cm³/mol. The average molecular weight is 206 g/mol. The van der Waals surface area contributed by atoms with Gasteiger partial charge in [0.1, 0.15) is 0 Å². The van der Waals surface area contributed by atoms with Crippen LogP contribution in [-0.4, -0.2) is 24.6 Å². The van der Waals surface area contributed by atoms with Crippen molar-refractivity contribution < 1.29 is 14.4 Å². The number of benzene rings is 1. The van der Waals surface area contributed by atoms with Crippen LogP contribution < -0.4 is 11.1 Å². The SMILES string of the molecule is NC(=O)CNC(=O)c1ccccc1C=O. The molecule has 0 atom stereocenters. The van der Waals surface area contributed by atoms with E-state index < -0.39 is 11.8 Å². The van der Waals surface area contributed by atoms with Gasteiger partial charge >= 0.3 is 0 Å². The Balaban J connectivity index is 2.81. The largest absolute Gasteiger partial charge is 0.368 e. The molecule has 5 nitrogen and oxygen atoms in total. The van der Waals surface area contributed by atoms with Crippen LogP contribution in [0.25, 0.3) is 0 Å². The molecule has 0 saturated heterocycles. The molecule has 0 unspecified atom stereocenters. The molecule has 0 radical (unpaired) electrons. The molecular weight excluding hydrogens is 196 g/mol. The molecule has 0 aliphatic heterocycles. The molecule has 0 aliphatic rings. The van der Waals surface area contributed by atoms with Crippen LogP contribution in [0.2, 0.25) is 0 Å². The van der Waals surface area contributed by atoms with Gasteiger partial charge in [-0.15, -0.1) is 0 Å². The number of rotatable bonds is 4. The fraction of sp³-hybridized carbons (Fsp3) is 0.100. The van der Waals surface area contributed by atoms with E-state index in [0.29, 0.717) is 6.29 Å². The van der Waals surface area contributed by atoms with E-state index in [1.54, 1.807) is 12.1 Å². The van der Waals surface area contributed by atoms with Crippen molar-refractivity contribution in [2.24, 2.45) is 5.73 Å². The van der Waals surface area contributed by atoms with Crippen LogP contribution in [-0.2, 0) is 4.79 Å². The smallest absolute Gasteiger partial charge is 0.252 e. The Morgan fingerprint density at radius 3 is 2.60 bits per heavy atom. The van der Waals surface area contributed by atoms with Crippen LogP contribution >= 0.6 is 0 Å². The van der Waals surface area contributed by atoms with Gasteiger partial charge in [0, 0.05) is 11.1 Å². The van der Waals surface area contributed by atoms with Gasteiger partial charge in [-0.2, -0.15) is 0 Å². The van der Waals surface area contributed by atoms with Crippen LogP contribution in [0.3, 0.4) is 0 Å². The Morgan fingerprint density at radius 2 is 2.00 bits per heavy atom. The lowest BCUT2D eigenvalue weighted by atomic mass is 10.1. The van der Waals surface area contributed by atoms with E-state index in [4.69, 9.17) is 5.73 Å². The molecule has 0 spiro atoms. The van der Waals surface area contributed by atoms with E-state index in [0.717, 1.165) is 0 Å². The number of carbonyl (C=O) groups excluding carboxylic acids is 3. The number of nitrogens with two attached hydrogens (primary N) is 1. The standard InChI is InChI=1S/C10H10N2O3/c11-9(14)5-12-10(15)8-4-2-1-3-7(8)6-13/h1-4,6H,5H2,(H2,11,14)(H,12,15). The Morgan fingerprint density at radius 1 is 1.33 bits per heavy atom. The molecule has 5 heteroatoms. The van der Waals surface area contributed by atoms with Gasteiger partial charge in [-0.05, 0) is 6.07 Å². The first kappa shape index (κ1) is 10.9. The molecular formula is C10H10N2O3. The first-order valence-corrected chi connectivity index (χ1v) is 4.26. The fourth-order valence-corrected chi connectivity index (χ4v) is 1.07. The lowest BCUT2D eigenvalue weighted by molar-refractivity contribution is -0.117. The van der Waals surface area contributed by atoms with Crippen LogP contribution in [0.1, 0.15) is 20.7 Å². The van der Waals surface area contributed by atoms with Crippen LogP contribution in [0.5, 0.6) is 0 Å². The van der Waals surface area contributed by atoms with Gasteiger partial charge in [0.25, 0.3) is 5.91 Å². The van der Waals surface area contributed by atoms with Crippen molar-refractivity contribution in [3.63, 3.8) is 0 Å². The molecule has 0 fully saturated rings. The first-order chi connectivity index (χ1) is 7.15. The molecule has 0 aliphatic carbocycles. The second kappa shape index (κ2) is 4.90. The fourth-order valence-electron chi connectivity index (χ4n) is 1.07. The maximum Gasteiger partial charge on any atom is 0.252 e. The Hall–Kier alpha value is -2.17. The van der Waals surface area contributed by atoms with Crippen LogP contribution in [0.4, 0.5) is 0 Å². The third-order valence-electron chi connectivity index (χ3n) is 1.76. The molecule has 0 heterocycles. The molecule has 1 rings (SSSR count). The highest BCUT2D eigenvalue weighted by molar-refractivity contribution is 6.02. The van der Waals surface area contributed by atoms with Crippen molar-refractivity contribution in [1.82, 2.24) is 5.32 Å². The van der Waals surface area contributed by atoms with E-state index in [-0.39, 0.29) is 17.7 Å². The molecule has 2 amide bonds. The summed E-state index contributed by atoms with van der Waals surface area (Å²) in [6.45, 7) is -0.244. The Kier molecular flexibility index (Phi) is 3.56. The van der Waals surface area contributed by atoms with Crippen LogP contribution in [0, 0.1) is 0 Å². The van der Waals surface area contributed by atoms with E-state index in [1.807, 2.05) is 0 Å². The predicted octanol–water partition coefficient (Wildman–Crippen LogP) is -0.286. The normalized spacial score (nSPS) is 9.33. The number of aldehydes is 1. The van der Waals surface area contributed by atoms with Gasteiger partial charge in [-0.1, -0.05) is 18.2 Å². The summed E-state index contributed by atoms with van der Waals surface area (Å²) in [6, 6.07) is 6.30. The minimum Gasteiger partial charge on any atom is -0.368 e. The van der Waals surface area contributed by atoms with Gasteiger partial charge in [0.05, 0.1) is 6.54 Å². The molecule has 3 N–H and O–H groups in total. The van der Waals surface area contributed by atoms with Crippen LogP contribution in [0.15, 0.2) is 24.3 Å². The highest BCUT2D eigenvalue weighted by atomic mass is 16.2. The summed E-state index contributed by atoms with van der Waals surface area (Å²) in [6.07, 6.45) is 0.583. The zero-order chi connectivity index (χ0) is 11.3. The van der Waals surface area contributed by atoms with Crippen molar-refractivity contribution in [1.29, 1.82) is 0 Å². The maximum absolute atomic E-state index is 11.5. The number of primary amides is 1. The number of amides is 2. The van der Waals surface area contributed by atoms with Gasteiger partial charge < -0.3 is 11.1 Å². The van der Waals surface area contributed by atoms with E-state index >= 15 is 0 Å². The summed E-state index contributed by atoms with van der Waals surface area (Å²) in [5.74, 6) is -1.12. The first-order valence-electron chi connectivity index (χ1n) is 4.26. The zero-order valence-electron chi connectivity index (χ0n) is 7.90. The third-order valence-corrected chi connectivity index (χ3v) is 1.76. The highest BCUT2D eigenvalue weighted by Crippen LogP contribution is 2.05. The van der Waals surface area contributed by atoms with Crippen molar-refractivity contribution in [2.75, 3.05) is 6.54 Å². The summed E-state index contributed by atoms with van der Waals surface area (Å²) >= 11 is 0. The van der Waals surface area contributed by atoms with Gasteiger partial charge in [-0.3, -0.25) is 14.4 Å². The second-order valence-electron chi connectivity index (χ2n) is 2.85. The van der Waals surface area contributed by atoms with Crippen molar-refractivity contribution in [3.8, 4) is 0 Å². The summed E-state index contributed by atoms with van der Waals surface area (Å²) in [5.41, 5.74) is 5.37. The van der Waals surface area contributed by atoms with Gasteiger partial charge in [-0.25, -0.2) is 0 Å². The second-order valence-corrected chi connectivity index (χ2v) is 2.85. The van der Waals surface area contributed by atoms with E-state index in [1.165, 1.54) is 12.1 Å². The highest BCUT2D eigenvalue weighted by Gasteiger charge is 2.09. The lowest BCUT2D eigenvalue weighted by Crippen LogP contribution is -2.33. The maximum atomic E-state index is 11.5. The molecule has 1 aromatic rings. The minimum atomic E-state index is -0.632. The Labute approximate surface area is 86.3 Å². The molecule has 1 aromatic carbocycles. The minimum absolute atomic E-state index is 0.230. The zero-order valence-corrected chi connectivity index (χ0v) is 7.90. The molecule has 15 heavy (non-hydrogen) atoms. The monoisotopic (exact) mass is 206 g/mol. The number of hydrogen-bond donors (Lipinski definition) is 2.